The molecular weight excluding hydrogens is 340 g/mol. The van der Waals surface area contributed by atoms with Gasteiger partial charge in [0.2, 0.25) is 0 Å². The Morgan fingerprint density at radius 1 is 0.929 bits per heavy atom. The SMILES string of the molecule is CCc1c(-c2ccccc2)cc2c(nc(C=Cc3ccc(C)cc3)n2C)c1C. The molecule has 0 saturated carbocycles. The number of rotatable bonds is 4. The molecule has 1 heterocycles. The summed E-state index contributed by atoms with van der Waals surface area (Å²) in [5, 5.41) is 0. The number of nitrogens with zero attached hydrogens (tertiary/aromatic N) is 2. The van der Waals surface area contributed by atoms with Crippen molar-refractivity contribution in [3.05, 3.63) is 88.7 Å². The van der Waals surface area contributed by atoms with E-state index in [4.69, 9.17) is 4.98 Å². The molecule has 0 aliphatic heterocycles. The minimum Gasteiger partial charge on any atom is -0.328 e. The highest BCUT2D eigenvalue weighted by atomic mass is 15.1. The smallest absolute Gasteiger partial charge is 0.133 e. The maximum Gasteiger partial charge on any atom is 0.133 e. The van der Waals surface area contributed by atoms with Crippen LogP contribution in [0.15, 0.2) is 60.7 Å². The summed E-state index contributed by atoms with van der Waals surface area (Å²) in [5.41, 5.74) is 9.98. The number of hydrogen-bond acceptors (Lipinski definition) is 1. The fourth-order valence-corrected chi connectivity index (χ4v) is 3.87. The molecule has 0 spiro atoms. The molecule has 0 bridgehead atoms. The lowest BCUT2D eigenvalue weighted by Crippen LogP contribution is -1.96. The summed E-state index contributed by atoms with van der Waals surface area (Å²) in [7, 11) is 2.10. The van der Waals surface area contributed by atoms with Crippen LogP contribution in [0.4, 0.5) is 0 Å². The van der Waals surface area contributed by atoms with Gasteiger partial charge in [-0.2, -0.15) is 0 Å². The molecule has 0 unspecified atom stereocenters. The molecule has 3 aromatic carbocycles. The Labute approximate surface area is 167 Å². The van der Waals surface area contributed by atoms with Crippen LogP contribution in [-0.2, 0) is 13.5 Å². The third kappa shape index (κ3) is 3.27. The highest BCUT2D eigenvalue weighted by Crippen LogP contribution is 2.33. The van der Waals surface area contributed by atoms with E-state index in [1.54, 1.807) is 0 Å². The lowest BCUT2D eigenvalue weighted by atomic mass is 9.93. The van der Waals surface area contributed by atoms with Crippen molar-refractivity contribution in [2.45, 2.75) is 27.2 Å². The van der Waals surface area contributed by atoms with Crippen molar-refractivity contribution in [1.29, 1.82) is 0 Å². The molecule has 0 atom stereocenters. The van der Waals surface area contributed by atoms with Gasteiger partial charge >= 0.3 is 0 Å². The van der Waals surface area contributed by atoms with Gasteiger partial charge < -0.3 is 4.57 Å². The number of aryl methyl sites for hydroxylation is 3. The van der Waals surface area contributed by atoms with Gasteiger partial charge in [-0.15, -0.1) is 0 Å². The van der Waals surface area contributed by atoms with Gasteiger partial charge in [0.05, 0.1) is 11.0 Å². The zero-order valence-electron chi connectivity index (χ0n) is 17.0. The van der Waals surface area contributed by atoms with Gasteiger partial charge in [-0.25, -0.2) is 4.98 Å². The van der Waals surface area contributed by atoms with Crippen LogP contribution < -0.4 is 0 Å². The summed E-state index contributed by atoms with van der Waals surface area (Å²) in [5.74, 6) is 0.978. The number of benzene rings is 3. The Kier molecular flexibility index (Phi) is 4.87. The second-order valence-electron chi connectivity index (χ2n) is 7.39. The van der Waals surface area contributed by atoms with Crippen molar-refractivity contribution in [2.75, 3.05) is 0 Å². The van der Waals surface area contributed by atoms with E-state index < -0.39 is 0 Å². The fraction of sp³-hybridized carbons (Fsp3) is 0.192. The first kappa shape index (κ1) is 18.2. The van der Waals surface area contributed by atoms with Crippen molar-refractivity contribution in [2.24, 2.45) is 7.05 Å². The van der Waals surface area contributed by atoms with E-state index in [0.717, 1.165) is 17.8 Å². The second-order valence-corrected chi connectivity index (χ2v) is 7.39. The molecule has 0 aliphatic rings. The zero-order valence-corrected chi connectivity index (χ0v) is 17.0. The van der Waals surface area contributed by atoms with Gasteiger partial charge in [-0.1, -0.05) is 73.2 Å². The maximum absolute atomic E-state index is 4.96. The Morgan fingerprint density at radius 3 is 2.32 bits per heavy atom. The Balaban J connectivity index is 1.84. The van der Waals surface area contributed by atoms with E-state index in [0.29, 0.717) is 0 Å². The van der Waals surface area contributed by atoms with Crippen molar-refractivity contribution >= 4 is 23.2 Å². The van der Waals surface area contributed by atoms with Crippen molar-refractivity contribution < 1.29 is 0 Å². The molecule has 28 heavy (non-hydrogen) atoms. The third-order valence-electron chi connectivity index (χ3n) is 5.53. The first-order chi connectivity index (χ1) is 13.6. The molecule has 0 N–H and O–H groups in total. The van der Waals surface area contributed by atoms with Crippen LogP contribution in [-0.4, -0.2) is 9.55 Å². The summed E-state index contributed by atoms with van der Waals surface area (Å²) in [4.78, 5) is 4.96. The minimum atomic E-state index is 0.978. The summed E-state index contributed by atoms with van der Waals surface area (Å²) in [6, 6.07) is 21.5. The molecule has 4 aromatic rings. The van der Waals surface area contributed by atoms with Gasteiger partial charge in [-0.3, -0.25) is 0 Å². The van der Waals surface area contributed by atoms with Crippen LogP contribution in [0.2, 0.25) is 0 Å². The van der Waals surface area contributed by atoms with Gasteiger partial charge in [0.1, 0.15) is 5.82 Å². The molecule has 0 amide bonds. The molecule has 140 valence electrons. The molecule has 4 rings (SSSR count). The maximum atomic E-state index is 4.96. The molecule has 2 nitrogen and oxygen atoms in total. The normalized spacial score (nSPS) is 11.6. The zero-order chi connectivity index (χ0) is 19.7. The van der Waals surface area contributed by atoms with E-state index >= 15 is 0 Å². The van der Waals surface area contributed by atoms with Crippen LogP contribution in [0.1, 0.15) is 35.0 Å². The summed E-state index contributed by atoms with van der Waals surface area (Å²) < 4.78 is 2.19. The van der Waals surface area contributed by atoms with E-state index in [9.17, 15) is 0 Å². The number of aromatic nitrogens is 2. The van der Waals surface area contributed by atoms with E-state index in [2.05, 4.69) is 105 Å². The molecule has 0 saturated heterocycles. The van der Waals surface area contributed by atoms with E-state index in [1.165, 1.54) is 38.9 Å². The van der Waals surface area contributed by atoms with Crippen LogP contribution in [0, 0.1) is 13.8 Å². The number of imidazole rings is 1. The predicted molar refractivity (Wildman–Crippen MR) is 120 cm³/mol. The van der Waals surface area contributed by atoms with Gasteiger partial charge in [-0.05, 0) is 60.2 Å². The molecule has 2 heteroatoms. The predicted octanol–water partition coefficient (Wildman–Crippen LogP) is 6.59. The molecule has 0 fully saturated rings. The van der Waals surface area contributed by atoms with Gasteiger partial charge in [0.25, 0.3) is 0 Å². The quantitative estimate of drug-likeness (QED) is 0.398. The third-order valence-corrected chi connectivity index (χ3v) is 5.53. The first-order valence-corrected chi connectivity index (χ1v) is 9.87. The fourth-order valence-electron chi connectivity index (χ4n) is 3.87. The molecule has 1 aromatic heterocycles. The summed E-state index contributed by atoms with van der Waals surface area (Å²) >= 11 is 0. The lowest BCUT2D eigenvalue weighted by molar-refractivity contribution is 0.930. The van der Waals surface area contributed by atoms with E-state index in [-0.39, 0.29) is 0 Å². The van der Waals surface area contributed by atoms with Crippen molar-refractivity contribution in [3.8, 4) is 11.1 Å². The van der Waals surface area contributed by atoms with Gasteiger partial charge in [0.15, 0.2) is 0 Å². The molecule has 0 radical (unpaired) electrons. The van der Waals surface area contributed by atoms with E-state index in [1.807, 2.05) is 0 Å². The van der Waals surface area contributed by atoms with Gasteiger partial charge in [0, 0.05) is 7.05 Å². The Hall–Kier alpha value is -3.13. The topological polar surface area (TPSA) is 17.8 Å². The van der Waals surface area contributed by atoms with Crippen LogP contribution >= 0.6 is 0 Å². The second kappa shape index (κ2) is 7.47. The van der Waals surface area contributed by atoms with Crippen LogP contribution in [0.5, 0.6) is 0 Å². The highest BCUT2D eigenvalue weighted by Gasteiger charge is 2.15. The summed E-state index contributed by atoms with van der Waals surface area (Å²) in [6.45, 7) is 6.53. The van der Waals surface area contributed by atoms with Crippen LogP contribution in [0.25, 0.3) is 34.3 Å². The first-order valence-electron chi connectivity index (χ1n) is 9.87. The van der Waals surface area contributed by atoms with Crippen molar-refractivity contribution in [3.63, 3.8) is 0 Å². The summed E-state index contributed by atoms with van der Waals surface area (Å²) in [6.07, 6.45) is 5.24. The molecular formula is C26H26N2. The monoisotopic (exact) mass is 366 g/mol. The average Bonchev–Trinajstić information content (AvgIpc) is 3.04. The molecule has 0 aliphatic carbocycles. The average molecular weight is 367 g/mol. The van der Waals surface area contributed by atoms with Crippen LogP contribution in [0.3, 0.4) is 0 Å². The minimum absolute atomic E-state index is 0.978. The largest absolute Gasteiger partial charge is 0.328 e. The standard InChI is InChI=1S/C26H26N2/c1-5-22-19(3)26-24(17-23(22)21-9-7-6-8-10-21)28(4)25(27-26)16-15-20-13-11-18(2)12-14-20/h6-17H,5H2,1-4H3. The lowest BCUT2D eigenvalue weighted by Gasteiger charge is -2.13. The highest BCUT2D eigenvalue weighted by molar-refractivity contribution is 5.89. The number of fused-ring (bicyclic) bond motifs is 1. The number of hydrogen-bond donors (Lipinski definition) is 0. The Morgan fingerprint density at radius 2 is 1.64 bits per heavy atom. The van der Waals surface area contributed by atoms with Crippen molar-refractivity contribution in [1.82, 2.24) is 9.55 Å². The Bertz CT molecular complexity index is 1150.